The van der Waals surface area contributed by atoms with Crippen LogP contribution in [0.15, 0.2) is 48.6 Å². The van der Waals surface area contributed by atoms with Gasteiger partial charge in [0, 0.05) is 24.9 Å². The normalized spacial score (nSPS) is 23.3. The molecule has 1 rings (SSSR count). The zero-order valence-electron chi connectivity index (χ0n) is 33.7. The molecule has 1 aliphatic heterocycles. The molecule has 0 aromatic heterocycles. The van der Waals surface area contributed by atoms with Crippen LogP contribution in [0.3, 0.4) is 0 Å². The van der Waals surface area contributed by atoms with Crippen LogP contribution in [0.2, 0.25) is 0 Å². The van der Waals surface area contributed by atoms with Crippen molar-refractivity contribution in [2.24, 2.45) is 0 Å². The van der Waals surface area contributed by atoms with E-state index in [1.54, 1.807) is 9.80 Å². The summed E-state index contributed by atoms with van der Waals surface area (Å²) in [5, 5.41) is 0. The van der Waals surface area contributed by atoms with Gasteiger partial charge in [0.15, 0.2) is 0 Å². The molecular formula is C42H70N2O8. The van der Waals surface area contributed by atoms with Gasteiger partial charge in [0.05, 0.1) is 13.1 Å². The summed E-state index contributed by atoms with van der Waals surface area (Å²) in [4.78, 5) is 54.9. The van der Waals surface area contributed by atoms with Gasteiger partial charge in [0.25, 0.3) is 0 Å². The fourth-order valence-corrected chi connectivity index (χ4v) is 5.63. The van der Waals surface area contributed by atoms with Crippen molar-refractivity contribution in [3.05, 3.63) is 48.6 Å². The second-order valence-corrected chi connectivity index (χ2v) is 15.3. The number of ether oxygens (including phenoxy) is 4. The van der Waals surface area contributed by atoms with Crippen molar-refractivity contribution in [2.75, 3.05) is 26.3 Å². The number of hydrogen-bond acceptors (Lipinski definition) is 8. The molecule has 296 valence electrons. The van der Waals surface area contributed by atoms with Gasteiger partial charge >= 0.3 is 24.1 Å². The molecule has 10 heteroatoms. The van der Waals surface area contributed by atoms with Crippen LogP contribution in [0.25, 0.3) is 0 Å². The van der Waals surface area contributed by atoms with Crippen molar-refractivity contribution in [3.8, 4) is 0 Å². The molecule has 0 bridgehead atoms. The molecule has 2 atom stereocenters. The molecule has 52 heavy (non-hydrogen) atoms. The minimum absolute atomic E-state index is 0.0851. The lowest BCUT2D eigenvalue weighted by atomic mass is 10.1. The molecule has 0 aromatic rings. The Kier molecular flexibility index (Phi) is 23.4. The van der Waals surface area contributed by atoms with Crippen LogP contribution >= 0.6 is 0 Å². The highest BCUT2D eigenvalue weighted by atomic mass is 16.6. The monoisotopic (exact) mass is 731 g/mol. The summed E-state index contributed by atoms with van der Waals surface area (Å²) in [7, 11) is 0. The van der Waals surface area contributed by atoms with E-state index in [1.165, 1.54) is 0 Å². The summed E-state index contributed by atoms with van der Waals surface area (Å²) in [6.45, 7) is 16.0. The standard InChI is InChI=1S/C42H70N2O8/c1-9-25-35-27-21-17-13-11-15-19-24-30-38(46)50-34-32-44(40(48)52-42(6,7)8)36(26-10-2)28-22-18-14-12-16-20-23-29-37(45)49-33-31-43(35)39(47)51-41(3,4)5/h11-12,15-18,21-22,35-36H,9-10,13-14,19-20,23-34H2,1-8H3/b15-11-,16-12-,21-17-,22-18-/t35-,36-/m0/s1. The van der Waals surface area contributed by atoms with Gasteiger partial charge in [0.1, 0.15) is 24.4 Å². The SMILES string of the molecule is CCC[C@H]1C/C=C\C/C=C\CCCC(=O)OCCN(C(=O)OC(C)(C)C)[C@@H](CCC)C/C=C\C/C=C\CCCC(=O)OCCN1C(=O)OC(C)(C)C. The Morgan fingerprint density at radius 2 is 1.00 bits per heavy atom. The summed E-state index contributed by atoms with van der Waals surface area (Å²) in [5.74, 6) is -0.552. The number of amides is 2. The van der Waals surface area contributed by atoms with Crippen LogP contribution in [0.5, 0.6) is 0 Å². The van der Waals surface area contributed by atoms with Gasteiger partial charge in [-0.15, -0.1) is 0 Å². The Balaban J connectivity index is 3.04. The minimum atomic E-state index is -0.639. The van der Waals surface area contributed by atoms with Crippen LogP contribution in [0.4, 0.5) is 9.59 Å². The first-order valence-electron chi connectivity index (χ1n) is 19.6. The first-order valence-corrected chi connectivity index (χ1v) is 19.6. The molecule has 0 saturated carbocycles. The van der Waals surface area contributed by atoms with Crippen LogP contribution in [-0.2, 0) is 28.5 Å². The third kappa shape index (κ3) is 23.1. The second kappa shape index (κ2) is 26.2. The van der Waals surface area contributed by atoms with E-state index in [9.17, 15) is 19.2 Å². The lowest BCUT2D eigenvalue weighted by Crippen LogP contribution is -2.45. The molecule has 0 spiro atoms. The zero-order chi connectivity index (χ0) is 38.8. The Labute approximate surface area is 315 Å². The van der Waals surface area contributed by atoms with Gasteiger partial charge in [-0.3, -0.25) is 9.59 Å². The molecule has 0 fully saturated rings. The van der Waals surface area contributed by atoms with E-state index < -0.39 is 23.4 Å². The molecule has 1 aliphatic rings. The molecule has 0 aliphatic carbocycles. The van der Waals surface area contributed by atoms with Crippen molar-refractivity contribution in [3.63, 3.8) is 0 Å². The largest absolute Gasteiger partial charge is 0.464 e. The molecule has 0 radical (unpaired) electrons. The Hall–Kier alpha value is -3.56. The maximum atomic E-state index is 13.2. The van der Waals surface area contributed by atoms with Crippen LogP contribution in [-0.4, -0.2) is 83.5 Å². The van der Waals surface area contributed by atoms with E-state index in [0.29, 0.717) is 38.5 Å². The maximum Gasteiger partial charge on any atom is 0.410 e. The number of allylic oxidation sites excluding steroid dienone is 6. The minimum Gasteiger partial charge on any atom is -0.464 e. The van der Waals surface area contributed by atoms with E-state index in [0.717, 1.165) is 51.4 Å². The summed E-state index contributed by atoms with van der Waals surface area (Å²) < 4.78 is 22.5. The van der Waals surface area contributed by atoms with E-state index in [1.807, 2.05) is 41.5 Å². The third-order valence-electron chi connectivity index (χ3n) is 8.10. The van der Waals surface area contributed by atoms with Gasteiger partial charge in [-0.2, -0.15) is 0 Å². The number of cyclic esters (lactones) is 2. The van der Waals surface area contributed by atoms with Crippen LogP contribution < -0.4 is 0 Å². The number of esters is 2. The van der Waals surface area contributed by atoms with Gasteiger partial charge in [0.2, 0.25) is 0 Å². The van der Waals surface area contributed by atoms with Gasteiger partial charge in [-0.05, 0) is 106 Å². The number of carbonyl (C=O) groups excluding carboxylic acids is 4. The molecule has 0 N–H and O–H groups in total. The van der Waals surface area contributed by atoms with Crippen LogP contribution in [0.1, 0.15) is 145 Å². The molecule has 2 amide bonds. The first-order chi connectivity index (χ1) is 24.7. The summed E-state index contributed by atoms with van der Waals surface area (Å²) in [6.07, 6.45) is 25.4. The number of rotatable bonds is 4. The highest BCUT2D eigenvalue weighted by Gasteiger charge is 2.29. The lowest BCUT2D eigenvalue weighted by molar-refractivity contribution is -0.145. The summed E-state index contributed by atoms with van der Waals surface area (Å²) in [5.41, 5.74) is -1.28. The van der Waals surface area contributed by atoms with Crippen molar-refractivity contribution in [1.29, 1.82) is 0 Å². The van der Waals surface area contributed by atoms with Gasteiger partial charge in [-0.1, -0.05) is 75.3 Å². The summed E-state index contributed by atoms with van der Waals surface area (Å²) in [6, 6.07) is -0.170. The predicted molar refractivity (Wildman–Crippen MR) is 208 cm³/mol. The van der Waals surface area contributed by atoms with E-state index >= 15 is 0 Å². The Bertz CT molecular complexity index is 1070. The second-order valence-electron chi connectivity index (χ2n) is 15.3. The maximum absolute atomic E-state index is 13.2. The fraction of sp³-hybridized carbons (Fsp3) is 0.714. The number of nitrogens with zero attached hydrogens (tertiary/aromatic N) is 2. The molecule has 0 unspecified atom stereocenters. The van der Waals surface area contributed by atoms with E-state index in [4.69, 9.17) is 18.9 Å². The zero-order valence-corrected chi connectivity index (χ0v) is 33.7. The molecule has 0 saturated heterocycles. The smallest absolute Gasteiger partial charge is 0.410 e. The van der Waals surface area contributed by atoms with E-state index in [2.05, 4.69) is 62.5 Å². The quantitative estimate of drug-likeness (QED) is 0.160. The highest BCUT2D eigenvalue weighted by Crippen LogP contribution is 2.19. The molecule has 0 aromatic carbocycles. The van der Waals surface area contributed by atoms with Crippen molar-refractivity contribution in [2.45, 2.75) is 169 Å². The molecule has 10 nitrogen and oxygen atoms in total. The summed E-state index contributed by atoms with van der Waals surface area (Å²) >= 11 is 0. The Morgan fingerprint density at radius 3 is 1.35 bits per heavy atom. The van der Waals surface area contributed by atoms with Gasteiger partial charge < -0.3 is 28.7 Å². The van der Waals surface area contributed by atoms with Crippen molar-refractivity contribution < 1.29 is 38.1 Å². The number of carbonyl (C=O) groups is 4. The average Bonchev–Trinajstić information content (AvgIpc) is 3.04. The first kappa shape index (κ1) is 46.5. The number of hydrogen-bond donors (Lipinski definition) is 0. The molecule has 1 heterocycles. The highest BCUT2D eigenvalue weighted by molar-refractivity contribution is 5.71. The van der Waals surface area contributed by atoms with Gasteiger partial charge in [-0.25, -0.2) is 9.59 Å². The Morgan fingerprint density at radius 1 is 0.635 bits per heavy atom. The lowest BCUT2D eigenvalue weighted by Gasteiger charge is -2.33. The predicted octanol–water partition coefficient (Wildman–Crippen LogP) is 10.0. The fourth-order valence-electron chi connectivity index (χ4n) is 5.63. The average molecular weight is 731 g/mol. The van der Waals surface area contributed by atoms with Crippen LogP contribution in [0, 0.1) is 0 Å². The van der Waals surface area contributed by atoms with Crippen molar-refractivity contribution in [1.82, 2.24) is 9.80 Å². The topological polar surface area (TPSA) is 112 Å². The van der Waals surface area contributed by atoms with E-state index in [-0.39, 0.29) is 50.3 Å². The molecular weight excluding hydrogens is 660 g/mol. The third-order valence-corrected chi connectivity index (χ3v) is 8.10. The van der Waals surface area contributed by atoms with Crippen molar-refractivity contribution >= 4 is 24.1 Å².